The molecule has 0 bridgehead atoms. The minimum atomic E-state index is 0.598. The lowest BCUT2D eigenvalue weighted by molar-refractivity contribution is -0.107. The molecule has 1 heterocycles. The van der Waals surface area contributed by atoms with Gasteiger partial charge in [-0.3, -0.25) is 0 Å². The molecule has 0 atom stereocenters. The van der Waals surface area contributed by atoms with Crippen molar-refractivity contribution >= 4 is 39.6 Å². The van der Waals surface area contributed by atoms with E-state index in [-0.39, 0.29) is 0 Å². The van der Waals surface area contributed by atoms with E-state index in [4.69, 9.17) is 0 Å². The lowest BCUT2D eigenvalue weighted by atomic mass is 10.3. The van der Waals surface area contributed by atoms with Gasteiger partial charge in [0.05, 0.1) is 10.2 Å². The third-order valence-corrected chi connectivity index (χ3v) is 3.95. The van der Waals surface area contributed by atoms with Crippen LogP contribution in [-0.2, 0) is 4.79 Å². The van der Waals surface area contributed by atoms with Crippen molar-refractivity contribution < 1.29 is 4.79 Å². The number of rotatable bonds is 4. The zero-order chi connectivity index (χ0) is 9.80. The van der Waals surface area contributed by atoms with Gasteiger partial charge in [0.2, 0.25) is 0 Å². The van der Waals surface area contributed by atoms with E-state index in [1.54, 1.807) is 23.1 Å². The van der Waals surface area contributed by atoms with Gasteiger partial charge in [0.25, 0.3) is 0 Å². The lowest BCUT2D eigenvalue weighted by Crippen LogP contribution is -1.78. The maximum absolute atomic E-state index is 10.1. The van der Waals surface area contributed by atoms with E-state index in [2.05, 4.69) is 11.1 Å². The third kappa shape index (κ3) is 2.13. The van der Waals surface area contributed by atoms with Gasteiger partial charge in [0.1, 0.15) is 6.29 Å². The molecule has 1 aromatic heterocycles. The van der Waals surface area contributed by atoms with Crippen LogP contribution in [0.5, 0.6) is 0 Å². The summed E-state index contributed by atoms with van der Waals surface area (Å²) in [5, 5.41) is 0. The highest BCUT2D eigenvalue weighted by Crippen LogP contribution is 2.29. The second-order valence-corrected chi connectivity index (χ2v) is 5.12. The average molecular weight is 223 g/mol. The number of nitrogens with zero attached hydrogens (tertiary/aromatic N) is 1. The fraction of sp³-hybridized carbons (Fsp3) is 0.200. The highest BCUT2D eigenvalue weighted by atomic mass is 32.2. The molecule has 1 aromatic carbocycles. The number of carbonyl (C=O) groups is 1. The molecular weight excluding hydrogens is 214 g/mol. The van der Waals surface area contributed by atoms with Crippen molar-refractivity contribution in [3.8, 4) is 0 Å². The summed E-state index contributed by atoms with van der Waals surface area (Å²) in [4.78, 5) is 14.6. The lowest BCUT2D eigenvalue weighted by Gasteiger charge is -1.89. The Bertz CT molecular complexity index is 405. The first kappa shape index (κ1) is 9.68. The molecule has 0 spiro atoms. The van der Waals surface area contributed by atoms with Gasteiger partial charge in [-0.15, -0.1) is 11.3 Å². The maximum Gasteiger partial charge on any atom is 0.151 e. The van der Waals surface area contributed by atoms with Crippen molar-refractivity contribution in [1.82, 2.24) is 4.98 Å². The van der Waals surface area contributed by atoms with Gasteiger partial charge in [0, 0.05) is 12.2 Å². The largest absolute Gasteiger partial charge is 0.303 e. The van der Waals surface area contributed by atoms with Crippen LogP contribution in [0.25, 0.3) is 10.2 Å². The second kappa shape index (κ2) is 4.57. The van der Waals surface area contributed by atoms with E-state index in [0.717, 1.165) is 21.9 Å². The van der Waals surface area contributed by atoms with Crippen LogP contribution in [0.1, 0.15) is 6.42 Å². The Balaban J connectivity index is 2.14. The maximum atomic E-state index is 10.1. The predicted octanol–water partition coefficient (Wildman–Crippen LogP) is 2.98. The molecule has 0 amide bonds. The molecule has 4 heteroatoms. The highest BCUT2D eigenvalue weighted by molar-refractivity contribution is 8.01. The summed E-state index contributed by atoms with van der Waals surface area (Å²) in [5.74, 6) is 0.823. The second-order valence-electron chi connectivity index (χ2n) is 2.75. The SMILES string of the molecule is O=CCCSc1nc2ccccc2s1. The summed E-state index contributed by atoms with van der Waals surface area (Å²) in [6.45, 7) is 0. The number of para-hydroxylation sites is 1. The number of thiazole rings is 1. The van der Waals surface area contributed by atoms with E-state index in [9.17, 15) is 4.79 Å². The Morgan fingerprint density at radius 3 is 3.07 bits per heavy atom. The summed E-state index contributed by atoms with van der Waals surface area (Å²) in [7, 11) is 0. The molecule has 2 aromatic rings. The molecule has 0 saturated heterocycles. The number of hydrogen-bond acceptors (Lipinski definition) is 4. The Kier molecular flexibility index (Phi) is 3.16. The van der Waals surface area contributed by atoms with Gasteiger partial charge in [-0.2, -0.15) is 0 Å². The van der Waals surface area contributed by atoms with E-state index in [1.165, 1.54) is 4.70 Å². The van der Waals surface area contributed by atoms with Crippen LogP contribution in [0.2, 0.25) is 0 Å². The van der Waals surface area contributed by atoms with E-state index in [0.29, 0.717) is 6.42 Å². The number of benzene rings is 1. The van der Waals surface area contributed by atoms with Crippen molar-refractivity contribution in [1.29, 1.82) is 0 Å². The number of thioether (sulfide) groups is 1. The molecule has 0 aliphatic rings. The predicted molar refractivity (Wildman–Crippen MR) is 61.0 cm³/mol. The van der Waals surface area contributed by atoms with Crippen LogP contribution >= 0.6 is 23.1 Å². The Morgan fingerprint density at radius 1 is 1.43 bits per heavy atom. The fourth-order valence-corrected chi connectivity index (χ4v) is 3.11. The topological polar surface area (TPSA) is 30.0 Å². The molecule has 0 unspecified atom stereocenters. The van der Waals surface area contributed by atoms with Crippen LogP contribution in [0.15, 0.2) is 28.6 Å². The summed E-state index contributed by atoms with van der Waals surface area (Å²) < 4.78 is 2.26. The van der Waals surface area contributed by atoms with Gasteiger partial charge < -0.3 is 4.79 Å². The molecule has 0 aliphatic heterocycles. The normalized spacial score (nSPS) is 10.6. The van der Waals surface area contributed by atoms with E-state index >= 15 is 0 Å². The molecule has 2 nitrogen and oxygen atoms in total. The molecule has 0 fully saturated rings. The molecule has 0 aliphatic carbocycles. The number of carbonyl (C=O) groups excluding carboxylic acids is 1. The van der Waals surface area contributed by atoms with Crippen LogP contribution < -0.4 is 0 Å². The molecule has 2 rings (SSSR count). The summed E-state index contributed by atoms with van der Waals surface area (Å²) in [6, 6.07) is 8.08. The van der Waals surface area contributed by atoms with Crippen molar-refractivity contribution in [2.75, 3.05) is 5.75 Å². The quantitative estimate of drug-likeness (QED) is 0.453. The first-order valence-corrected chi connectivity index (χ1v) is 6.12. The van der Waals surface area contributed by atoms with Crippen LogP contribution in [-0.4, -0.2) is 17.0 Å². The Morgan fingerprint density at radius 2 is 2.29 bits per heavy atom. The monoisotopic (exact) mass is 223 g/mol. The smallest absolute Gasteiger partial charge is 0.151 e. The number of aromatic nitrogens is 1. The molecule has 0 saturated carbocycles. The Hall–Kier alpha value is -0.870. The van der Waals surface area contributed by atoms with Crippen molar-refractivity contribution in [2.45, 2.75) is 10.8 Å². The number of hydrogen-bond donors (Lipinski definition) is 0. The van der Waals surface area contributed by atoms with Crippen LogP contribution in [0.4, 0.5) is 0 Å². The number of fused-ring (bicyclic) bond motifs is 1. The standard InChI is InChI=1S/C10H9NOS2/c12-6-3-7-13-10-11-8-4-1-2-5-9(8)14-10/h1-2,4-6H,3,7H2. The third-order valence-electron chi connectivity index (χ3n) is 1.74. The molecule has 72 valence electrons. The zero-order valence-electron chi connectivity index (χ0n) is 7.47. The van der Waals surface area contributed by atoms with Crippen LogP contribution in [0, 0.1) is 0 Å². The van der Waals surface area contributed by atoms with E-state index in [1.807, 2.05) is 18.2 Å². The van der Waals surface area contributed by atoms with Crippen molar-refractivity contribution in [3.05, 3.63) is 24.3 Å². The minimum Gasteiger partial charge on any atom is -0.303 e. The molecule has 0 radical (unpaired) electrons. The highest BCUT2D eigenvalue weighted by Gasteiger charge is 2.02. The summed E-state index contributed by atoms with van der Waals surface area (Å²) in [5.41, 5.74) is 1.05. The first-order chi connectivity index (χ1) is 6.90. The van der Waals surface area contributed by atoms with Gasteiger partial charge in [-0.25, -0.2) is 4.98 Å². The van der Waals surface area contributed by atoms with Gasteiger partial charge >= 0.3 is 0 Å². The van der Waals surface area contributed by atoms with Crippen LogP contribution in [0.3, 0.4) is 0 Å². The molecule has 14 heavy (non-hydrogen) atoms. The van der Waals surface area contributed by atoms with E-state index < -0.39 is 0 Å². The van der Waals surface area contributed by atoms with Crippen molar-refractivity contribution in [2.24, 2.45) is 0 Å². The summed E-state index contributed by atoms with van der Waals surface area (Å²) >= 11 is 3.33. The van der Waals surface area contributed by atoms with Gasteiger partial charge in [0.15, 0.2) is 4.34 Å². The summed E-state index contributed by atoms with van der Waals surface area (Å²) in [6.07, 6.45) is 1.54. The fourth-order valence-electron chi connectivity index (χ4n) is 1.11. The van der Waals surface area contributed by atoms with Gasteiger partial charge in [-0.05, 0) is 12.1 Å². The first-order valence-electron chi connectivity index (χ1n) is 4.32. The van der Waals surface area contributed by atoms with Crippen molar-refractivity contribution in [3.63, 3.8) is 0 Å². The molecular formula is C10H9NOS2. The average Bonchev–Trinajstić information content (AvgIpc) is 2.60. The van der Waals surface area contributed by atoms with Gasteiger partial charge in [-0.1, -0.05) is 23.9 Å². The zero-order valence-corrected chi connectivity index (χ0v) is 9.11. The minimum absolute atomic E-state index is 0.598. The molecule has 0 N–H and O–H groups in total. The number of aldehydes is 1. The Labute approximate surface area is 90.4 Å².